The van der Waals surface area contributed by atoms with Crippen molar-refractivity contribution < 1.29 is 18.3 Å². The van der Waals surface area contributed by atoms with Gasteiger partial charge in [0.2, 0.25) is 0 Å². The van der Waals surface area contributed by atoms with Crippen LogP contribution in [0.15, 0.2) is 52.7 Å². The Morgan fingerprint density at radius 1 is 1.19 bits per heavy atom. The minimum absolute atomic E-state index is 0.113. The number of hydrogen-bond acceptors (Lipinski definition) is 6. The molecule has 1 aliphatic heterocycles. The molecule has 1 aliphatic rings. The highest BCUT2D eigenvalue weighted by Crippen LogP contribution is 2.30. The average molecular weight is 474 g/mol. The van der Waals surface area contributed by atoms with Crippen LogP contribution in [0.5, 0.6) is 0 Å². The number of benzene rings is 2. The molecule has 0 radical (unpaired) electrons. The Balaban J connectivity index is 1.43. The Bertz CT molecular complexity index is 1210. The molecule has 32 heavy (non-hydrogen) atoms. The fraction of sp³-hybridized carbons (Fsp3) is 0.391. The van der Waals surface area contributed by atoms with E-state index in [2.05, 4.69) is 22.9 Å². The number of piperidine rings is 1. The summed E-state index contributed by atoms with van der Waals surface area (Å²) in [5.41, 5.74) is 0.606. The molecule has 2 aromatic carbocycles. The molecule has 0 spiro atoms. The second-order valence-corrected chi connectivity index (χ2v) is 11.1. The lowest BCUT2D eigenvalue weighted by molar-refractivity contribution is -0.0311. The summed E-state index contributed by atoms with van der Waals surface area (Å²) < 4.78 is 32.5. The van der Waals surface area contributed by atoms with Gasteiger partial charge in [-0.05, 0) is 67.0 Å². The quantitative estimate of drug-likeness (QED) is 0.561. The van der Waals surface area contributed by atoms with E-state index in [0.29, 0.717) is 48.6 Å². The molecule has 1 fully saturated rings. The summed E-state index contributed by atoms with van der Waals surface area (Å²) >= 11 is 1.21. The molecule has 1 aromatic heterocycles. The second-order valence-electron chi connectivity index (χ2n) is 8.81. The van der Waals surface area contributed by atoms with Crippen LogP contribution in [0.25, 0.3) is 10.9 Å². The molecule has 0 unspecified atom stereocenters. The SMILES string of the molecule is CC(C)CC1(O)CCN(C(=O)c2ccc(NS(=O)(=O)c3cccc4csnc34)cc2)CC1. The Kier molecular flexibility index (Phi) is 6.24. The van der Waals surface area contributed by atoms with Gasteiger partial charge in [-0.15, -0.1) is 0 Å². The molecular formula is C23H27N3O4S2. The van der Waals surface area contributed by atoms with Crippen LogP contribution in [0.1, 0.15) is 43.5 Å². The van der Waals surface area contributed by atoms with E-state index in [4.69, 9.17) is 0 Å². The monoisotopic (exact) mass is 473 g/mol. The van der Waals surface area contributed by atoms with Crippen molar-refractivity contribution in [3.8, 4) is 0 Å². The van der Waals surface area contributed by atoms with Gasteiger partial charge < -0.3 is 10.0 Å². The molecule has 4 rings (SSSR count). The summed E-state index contributed by atoms with van der Waals surface area (Å²) in [5, 5.41) is 13.3. The number of aliphatic hydroxyl groups is 1. The highest BCUT2D eigenvalue weighted by atomic mass is 32.2. The normalized spacial score (nSPS) is 16.4. The van der Waals surface area contributed by atoms with E-state index in [-0.39, 0.29) is 10.8 Å². The number of likely N-dealkylation sites (tertiary alicyclic amines) is 1. The number of fused-ring (bicyclic) bond motifs is 1. The van der Waals surface area contributed by atoms with E-state index in [1.807, 2.05) is 6.07 Å². The summed E-state index contributed by atoms with van der Waals surface area (Å²) in [5.74, 6) is 0.291. The molecule has 0 bridgehead atoms. The number of sulfonamides is 1. The first-order valence-electron chi connectivity index (χ1n) is 10.6. The maximum atomic E-state index is 12.9. The van der Waals surface area contributed by atoms with Crippen molar-refractivity contribution in [2.24, 2.45) is 5.92 Å². The number of carbonyl (C=O) groups is 1. The van der Waals surface area contributed by atoms with E-state index in [0.717, 1.165) is 11.8 Å². The maximum absolute atomic E-state index is 12.9. The van der Waals surface area contributed by atoms with Crippen LogP contribution < -0.4 is 4.72 Å². The summed E-state index contributed by atoms with van der Waals surface area (Å²) in [4.78, 5) is 14.7. The molecule has 170 valence electrons. The van der Waals surface area contributed by atoms with Gasteiger partial charge in [-0.3, -0.25) is 9.52 Å². The molecule has 0 saturated carbocycles. The number of hydrogen-bond donors (Lipinski definition) is 2. The van der Waals surface area contributed by atoms with E-state index >= 15 is 0 Å². The average Bonchev–Trinajstić information content (AvgIpc) is 3.22. The first-order chi connectivity index (χ1) is 15.2. The zero-order valence-corrected chi connectivity index (χ0v) is 19.7. The zero-order valence-electron chi connectivity index (χ0n) is 18.1. The van der Waals surface area contributed by atoms with Gasteiger partial charge in [0.15, 0.2) is 0 Å². The summed E-state index contributed by atoms with van der Waals surface area (Å²) in [6.45, 7) is 5.19. The van der Waals surface area contributed by atoms with Gasteiger partial charge in [0.1, 0.15) is 10.4 Å². The smallest absolute Gasteiger partial charge is 0.264 e. The standard InChI is InChI=1S/C23H27N3O4S2/c1-16(2)14-23(28)10-12-26(13-11-23)22(27)17-6-8-19(9-7-17)25-32(29,30)20-5-3-4-18-15-31-24-21(18)20/h3-9,15-16,25,28H,10-14H2,1-2H3. The topological polar surface area (TPSA) is 99.6 Å². The highest BCUT2D eigenvalue weighted by molar-refractivity contribution is 7.93. The lowest BCUT2D eigenvalue weighted by Gasteiger charge is -2.39. The highest BCUT2D eigenvalue weighted by Gasteiger charge is 2.34. The van der Waals surface area contributed by atoms with Crippen LogP contribution >= 0.6 is 11.5 Å². The van der Waals surface area contributed by atoms with Crippen LogP contribution in [0.3, 0.4) is 0 Å². The van der Waals surface area contributed by atoms with Crippen molar-refractivity contribution in [3.05, 3.63) is 53.4 Å². The van der Waals surface area contributed by atoms with Crippen LogP contribution in [0.2, 0.25) is 0 Å². The molecule has 0 atom stereocenters. The van der Waals surface area contributed by atoms with Gasteiger partial charge in [-0.25, -0.2) is 8.42 Å². The van der Waals surface area contributed by atoms with Crippen molar-refractivity contribution in [2.45, 2.75) is 43.6 Å². The number of nitrogens with one attached hydrogen (secondary N) is 1. The summed E-state index contributed by atoms with van der Waals surface area (Å²) in [7, 11) is -3.82. The van der Waals surface area contributed by atoms with E-state index < -0.39 is 15.6 Å². The van der Waals surface area contributed by atoms with Gasteiger partial charge in [-0.1, -0.05) is 26.0 Å². The molecule has 9 heteroatoms. The lowest BCUT2D eigenvalue weighted by atomic mass is 9.84. The number of carbonyl (C=O) groups excluding carboxylic acids is 1. The van der Waals surface area contributed by atoms with Gasteiger partial charge in [-0.2, -0.15) is 4.37 Å². The fourth-order valence-corrected chi connectivity index (χ4v) is 6.20. The molecule has 1 amide bonds. The predicted octanol–water partition coefficient (Wildman–Crippen LogP) is 4.11. The predicted molar refractivity (Wildman–Crippen MR) is 126 cm³/mol. The third-order valence-electron chi connectivity index (χ3n) is 5.80. The Labute approximate surface area is 192 Å². The van der Waals surface area contributed by atoms with Gasteiger partial charge in [0.25, 0.3) is 15.9 Å². The molecule has 3 aromatic rings. The van der Waals surface area contributed by atoms with E-state index in [1.165, 1.54) is 17.6 Å². The first kappa shape index (κ1) is 22.7. The Morgan fingerprint density at radius 2 is 1.88 bits per heavy atom. The largest absolute Gasteiger partial charge is 0.390 e. The minimum Gasteiger partial charge on any atom is -0.390 e. The molecule has 2 N–H and O–H groups in total. The van der Waals surface area contributed by atoms with Gasteiger partial charge >= 0.3 is 0 Å². The number of amides is 1. The third-order valence-corrected chi connectivity index (χ3v) is 7.86. The first-order valence-corrected chi connectivity index (χ1v) is 13.0. The zero-order chi connectivity index (χ0) is 22.9. The van der Waals surface area contributed by atoms with Crippen LogP contribution in [0.4, 0.5) is 5.69 Å². The number of rotatable bonds is 6. The molecule has 1 saturated heterocycles. The second kappa shape index (κ2) is 8.80. The Morgan fingerprint density at radius 3 is 2.53 bits per heavy atom. The van der Waals surface area contributed by atoms with Crippen molar-refractivity contribution in [1.29, 1.82) is 0 Å². The van der Waals surface area contributed by atoms with Crippen LogP contribution in [0, 0.1) is 5.92 Å². The minimum atomic E-state index is -3.82. The Hall–Kier alpha value is -2.49. The van der Waals surface area contributed by atoms with Crippen molar-refractivity contribution >= 4 is 44.1 Å². The molecule has 7 nitrogen and oxygen atoms in total. The summed E-state index contributed by atoms with van der Waals surface area (Å²) in [6, 6.07) is 11.5. The maximum Gasteiger partial charge on any atom is 0.264 e. The van der Waals surface area contributed by atoms with Crippen molar-refractivity contribution in [3.63, 3.8) is 0 Å². The molecular weight excluding hydrogens is 446 g/mol. The molecule has 0 aliphatic carbocycles. The van der Waals surface area contributed by atoms with E-state index in [9.17, 15) is 18.3 Å². The fourth-order valence-electron chi connectivity index (χ4n) is 4.25. The van der Waals surface area contributed by atoms with Gasteiger partial charge in [0, 0.05) is 35.1 Å². The summed E-state index contributed by atoms with van der Waals surface area (Å²) in [6.07, 6.45) is 1.87. The number of anilines is 1. The van der Waals surface area contributed by atoms with Crippen molar-refractivity contribution in [2.75, 3.05) is 17.8 Å². The van der Waals surface area contributed by atoms with E-state index in [1.54, 1.807) is 40.6 Å². The third kappa shape index (κ3) is 4.79. The van der Waals surface area contributed by atoms with Crippen LogP contribution in [-0.4, -0.2) is 47.4 Å². The molecule has 2 heterocycles. The lowest BCUT2D eigenvalue weighted by Crippen LogP contribution is -2.47. The van der Waals surface area contributed by atoms with Gasteiger partial charge in [0.05, 0.1) is 5.60 Å². The van der Waals surface area contributed by atoms with Crippen molar-refractivity contribution in [1.82, 2.24) is 9.27 Å². The number of aromatic nitrogens is 1. The van der Waals surface area contributed by atoms with Crippen LogP contribution in [-0.2, 0) is 10.0 Å². The number of nitrogens with zero attached hydrogens (tertiary/aromatic N) is 2.